The van der Waals surface area contributed by atoms with Gasteiger partial charge in [0.25, 0.3) is 5.69 Å². The number of anilines is 1. The number of urea groups is 1. The minimum absolute atomic E-state index is 0.0391. The highest BCUT2D eigenvalue weighted by Gasteiger charge is 2.18. The van der Waals surface area contributed by atoms with Crippen LogP contribution in [0, 0.1) is 10.1 Å². The number of rotatable bonds is 18. The second-order valence-electron chi connectivity index (χ2n) is 8.97. The Kier molecular flexibility index (Phi) is 13.6. The molecule has 0 saturated heterocycles. The Bertz CT molecular complexity index is 997. The van der Waals surface area contributed by atoms with E-state index in [1.807, 2.05) is 0 Å². The fourth-order valence-electron chi connectivity index (χ4n) is 3.90. The zero-order chi connectivity index (χ0) is 27.8. The summed E-state index contributed by atoms with van der Waals surface area (Å²) in [7, 11) is 0. The van der Waals surface area contributed by atoms with Crippen molar-refractivity contribution in [1.29, 1.82) is 0 Å². The van der Waals surface area contributed by atoms with Crippen molar-refractivity contribution in [3.05, 3.63) is 64.2 Å². The number of unbranched alkanes of at least 4 members (excludes halogenated alkanes) is 5. The van der Waals surface area contributed by atoms with Gasteiger partial charge in [-0.3, -0.25) is 10.1 Å². The van der Waals surface area contributed by atoms with E-state index in [-0.39, 0.29) is 24.7 Å². The molecule has 1 atom stereocenters. The van der Waals surface area contributed by atoms with Gasteiger partial charge < -0.3 is 24.8 Å². The van der Waals surface area contributed by atoms with E-state index >= 15 is 0 Å². The van der Waals surface area contributed by atoms with Crippen molar-refractivity contribution in [1.82, 2.24) is 4.90 Å². The third-order valence-electron chi connectivity index (χ3n) is 6.02. The molecule has 10 heteroatoms. The largest absolute Gasteiger partial charge is 0.492 e. The van der Waals surface area contributed by atoms with Crippen molar-refractivity contribution in [3.8, 4) is 5.75 Å². The van der Waals surface area contributed by atoms with Gasteiger partial charge in [-0.1, -0.05) is 51.2 Å². The number of carboxylic acids is 1. The van der Waals surface area contributed by atoms with Crippen LogP contribution in [-0.2, 0) is 16.0 Å². The zero-order valence-corrected chi connectivity index (χ0v) is 22.3. The van der Waals surface area contributed by atoms with Gasteiger partial charge in [0, 0.05) is 37.4 Å². The summed E-state index contributed by atoms with van der Waals surface area (Å²) in [6.07, 6.45) is 5.96. The molecule has 0 bridgehead atoms. The minimum atomic E-state index is -0.996. The first-order valence-corrected chi connectivity index (χ1v) is 13.2. The van der Waals surface area contributed by atoms with Gasteiger partial charge in [-0.2, -0.15) is 0 Å². The molecule has 0 fully saturated rings. The lowest BCUT2D eigenvalue weighted by Gasteiger charge is -2.23. The molecule has 208 valence electrons. The molecule has 0 aliphatic rings. The molecule has 2 rings (SSSR count). The lowest BCUT2D eigenvalue weighted by Crippen LogP contribution is -2.38. The number of carbonyl (C=O) groups excluding carboxylic acids is 1. The first-order chi connectivity index (χ1) is 18.3. The Hall–Kier alpha value is -3.66. The normalized spacial score (nSPS) is 11.5. The van der Waals surface area contributed by atoms with Crippen LogP contribution in [0.3, 0.4) is 0 Å². The van der Waals surface area contributed by atoms with Crippen molar-refractivity contribution in [2.24, 2.45) is 0 Å². The molecular weight excluding hydrogens is 490 g/mol. The molecule has 0 aliphatic heterocycles. The predicted octanol–water partition coefficient (Wildman–Crippen LogP) is 5.90. The number of hydrogen-bond donors (Lipinski definition) is 2. The van der Waals surface area contributed by atoms with Crippen LogP contribution in [0.15, 0.2) is 48.5 Å². The average molecular weight is 530 g/mol. The van der Waals surface area contributed by atoms with E-state index in [9.17, 15) is 24.8 Å². The second-order valence-corrected chi connectivity index (χ2v) is 8.97. The summed E-state index contributed by atoms with van der Waals surface area (Å²) >= 11 is 0. The smallest absolute Gasteiger partial charge is 0.333 e. The highest BCUT2D eigenvalue weighted by molar-refractivity contribution is 5.89. The molecule has 2 amide bonds. The van der Waals surface area contributed by atoms with Crippen molar-refractivity contribution in [2.75, 3.05) is 31.6 Å². The van der Waals surface area contributed by atoms with E-state index in [0.717, 1.165) is 24.8 Å². The molecule has 0 heterocycles. The molecule has 0 aliphatic carbocycles. The maximum Gasteiger partial charge on any atom is 0.333 e. The lowest BCUT2D eigenvalue weighted by molar-refractivity contribution is -0.384. The Morgan fingerprint density at radius 1 is 0.974 bits per heavy atom. The van der Waals surface area contributed by atoms with Crippen molar-refractivity contribution in [3.63, 3.8) is 0 Å². The van der Waals surface area contributed by atoms with Gasteiger partial charge in [-0.05, 0) is 43.2 Å². The number of ether oxygens (including phenoxy) is 2. The van der Waals surface area contributed by atoms with E-state index < -0.39 is 17.0 Å². The van der Waals surface area contributed by atoms with Gasteiger partial charge in [0.2, 0.25) is 0 Å². The summed E-state index contributed by atoms with van der Waals surface area (Å²) < 4.78 is 11.1. The number of amides is 2. The first kappa shape index (κ1) is 30.6. The fourth-order valence-corrected chi connectivity index (χ4v) is 3.90. The van der Waals surface area contributed by atoms with Crippen LogP contribution in [0.4, 0.5) is 16.2 Å². The summed E-state index contributed by atoms with van der Waals surface area (Å²) in [6, 6.07) is 12.6. The number of aliphatic carboxylic acids is 1. The van der Waals surface area contributed by atoms with Crippen molar-refractivity contribution >= 4 is 23.4 Å². The minimum Gasteiger partial charge on any atom is -0.492 e. The third-order valence-corrected chi connectivity index (χ3v) is 6.02. The molecule has 2 N–H and O–H groups in total. The van der Waals surface area contributed by atoms with Crippen LogP contribution in [0.25, 0.3) is 0 Å². The summed E-state index contributed by atoms with van der Waals surface area (Å²) in [5.74, 6) is -0.378. The highest BCUT2D eigenvalue weighted by atomic mass is 16.6. The summed E-state index contributed by atoms with van der Waals surface area (Å²) in [5, 5.41) is 23.0. The van der Waals surface area contributed by atoms with Crippen LogP contribution < -0.4 is 10.1 Å². The molecule has 0 radical (unpaired) electrons. The zero-order valence-electron chi connectivity index (χ0n) is 22.3. The molecule has 0 aromatic heterocycles. The van der Waals surface area contributed by atoms with Crippen molar-refractivity contribution < 1.29 is 29.1 Å². The maximum absolute atomic E-state index is 13.0. The van der Waals surface area contributed by atoms with Crippen LogP contribution in [0.1, 0.15) is 57.9 Å². The molecule has 0 saturated carbocycles. The molecule has 2 aromatic carbocycles. The summed E-state index contributed by atoms with van der Waals surface area (Å²) in [5.41, 5.74) is 1.27. The molecule has 0 spiro atoms. The number of nitro benzene ring substituents is 1. The molecular formula is C28H39N3O7. The SMILES string of the molecule is CCCCCCCCN(CCOc1ccc(CC(OCC)C(=O)O)cc1)C(=O)Nc1ccc([N+](=O)[O-])cc1. The van der Waals surface area contributed by atoms with Gasteiger partial charge in [0.05, 0.1) is 11.5 Å². The van der Waals surface area contributed by atoms with Gasteiger partial charge in [-0.25, -0.2) is 9.59 Å². The first-order valence-electron chi connectivity index (χ1n) is 13.2. The average Bonchev–Trinajstić information content (AvgIpc) is 2.90. The topological polar surface area (TPSA) is 131 Å². The standard InChI is InChI=1S/C28H39N3O7/c1-3-5-6-7-8-9-18-30(28(34)29-23-12-14-24(15-13-23)31(35)36)19-20-38-25-16-10-22(11-17-25)21-26(27(32)33)37-4-2/h10-17,26H,3-9,18-21H2,1-2H3,(H,29,34)(H,32,33). The lowest BCUT2D eigenvalue weighted by atomic mass is 10.1. The number of benzene rings is 2. The monoisotopic (exact) mass is 529 g/mol. The van der Waals surface area contributed by atoms with Crippen LogP contribution in [0.5, 0.6) is 5.75 Å². The Balaban J connectivity index is 1.92. The van der Waals surface area contributed by atoms with Gasteiger partial charge in [0.15, 0.2) is 6.10 Å². The molecule has 10 nitrogen and oxygen atoms in total. The van der Waals surface area contributed by atoms with E-state index in [1.165, 1.54) is 43.5 Å². The van der Waals surface area contributed by atoms with Crippen LogP contribution >= 0.6 is 0 Å². The number of nitro groups is 1. The van der Waals surface area contributed by atoms with E-state index in [2.05, 4.69) is 12.2 Å². The number of nitrogens with one attached hydrogen (secondary N) is 1. The molecule has 2 aromatic rings. The highest BCUT2D eigenvalue weighted by Crippen LogP contribution is 2.17. The van der Waals surface area contributed by atoms with E-state index in [1.54, 1.807) is 36.1 Å². The predicted molar refractivity (Wildman–Crippen MR) is 146 cm³/mol. The van der Waals surface area contributed by atoms with Crippen LogP contribution in [0.2, 0.25) is 0 Å². The fraction of sp³-hybridized carbons (Fsp3) is 0.500. The quantitative estimate of drug-likeness (QED) is 0.140. The third kappa shape index (κ3) is 11.2. The van der Waals surface area contributed by atoms with Crippen LogP contribution in [-0.4, -0.2) is 59.3 Å². The molecule has 1 unspecified atom stereocenters. The van der Waals surface area contributed by atoms with Gasteiger partial charge >= 0.3 is 12.0 Å². The maximum atomic E-state index is 13.0. The number of carbonyl (C=O) groups is 2. The number of non-ortho nitro benzene ring substituents is 1. The number of nitrogens with zero attached hydrogens (tertiary/aromatic N) is 2. The second kappa shape index (κ2) is 17.0. The summed E-state index contributed by atoms with van der Waals surface area (Å²) in [4.78, 5) is 36.3. The van der Waals surface area contributed by atoms with Gasteiger partial charge in [-0.15, -0.1) is 0 Å². The van der Waals surface area contributed by atoms with E-state index in [4.69, 9.17) is 9.47 Å². The summed E-state index contributed by atoms with van der Waals surface area (Å²) in [6.45, 7) is 5.47. The molecule has 38 heavy (non-hydrogen) atoms. The number of hydrogen-bond acceptors (Lipinski definition) is 6. The van der Waals surface area contributed by atoms with Crippen molar-refractivity contribution in [2.45, 2.75) is 64.9 Å². The number of carboxylic acid groups (broad SMARTS) is 1. The van der Waals surface area contributed by atoms with E-state index in [0.29, 0.717) is 31.1 Å². The Morgan fingerprint density at radius 2 is 1.63 bits per heavy atom. The Labute approximate surface area is 224 Å². The van der Waals surface area contributed by atoms with Gasteiger partial charge in [0.1, 0.15) is 12.4 Å². The Morgan fingerprint density at radius 3 is 2.24 bits per heavy atom.